The molecule has 7 heteroatoms. The van der Waals surface area contributed by atoms with Crippen LogP contribution in [0.25, 0.3) is 0 Å². The third-order valence-corrected chi connectivity index (χ3v) is 6.74. The highest BCUT2D eigenvalue weighted by molar-refractivity contribution is 7.89. The molecule has 1 saturated carbocycles. The zero-order valence-electron chi connectivity index (χ0n) is 15.3. The van der Waals surface area contributed by atoms with E-state index in [9.17, 15) is 13.2 Å². The van der Waals surface area contributed by atoms with Crippen LogP contribution in [0, 0.1) is 0 Å². The molecule has 0 saturated heterocycles. The monoisotopic (exact) mass is 406 g/mol. The Morgan fingerprint density at radius 3 is 2.30 bits per heavy atom. The fourth-order valence-electron chi connectivity index (χ4n) is 3.31. The van der Waals surface area contributed by atoms with Gasteiger partial charge in [-0.3, -0.25) is 4.79 Å². The van der Waals surface area contributed by atoms with Gasteiger partial charge in [-0.05, 0) is 68.7 Å². The second kappa shape index (κ2) is 7.62. The Balaban J connectivity index is 1.78. The Labute approximate surface area is 165 Å². The molecule has 0 unspecified atom stereocenters. The van der Waals surface area contributed by atoms with E-state index in [1.807, 2.05) is 18.2 Å². The Kier molecular flexibility index (Phi) is 5.60. The quantitative estimate of drug-likeness (QED) is 0.758. The van der Waals surface area contributed by atoms with Crippen molar-refractivity contribution in [3.05, 3.63) is 59.1 Å². The van der Waals surface area contributed by atoms with Gasteiger partial charge in [0, 0.05) is 16.8 Å². The first-order chi connectivity index (χ1) is 12.7. The maximum absolute atomic E-state index is 13.0. The molecule has 1 aliphatic carbocycles. The molecule has 2 aromatic rings. The molecule has 144 valence electrons. The molecular formula is C20H23ClN2O3S. The van der Waals surface area contributed by atoms with Gasteiger partial charge in [0.1, 0.15) is 0 Å². The first-order valence-electron chi connectivity index (χ1n) is 8.93. The molecule has 2 N–H and O–H groups in total. The van der Waals surface area contributed by atoms with Gasteiger partial charge in [-0.25, -0.2) is 13.1 Å². The molecule has 3 rings (SSSR count). The third kappa shape index (κ3) is 4.18. The van der Waals surface area contributed by atoms with Gasteiger partial charge in [-0.1, -0.05) is 30.2 Å². The fourth-order valence-corrected chi connectivity index (χ4v) is 4.75. The number of hydrogen-bond acceptors (Lipinski definition) is 3. The molecule has 0 spiro atoms. The molecule has 1 fully saturated rings. The molecule has 0 bridgehead atoms. The van der Waals surface area contributed by atoms with Crippen molar-refractivity contribution in [2.45, 2.75) is 49.5 Å². The van der Waals surface area contributed by atoms with Crippen LogP contribution in [-0.4, -0.2) is 20.4 Å². The summed E-state index contributed by atoms with van der Waals surface area (Å²) in [5.41, 5.74) is 0.908. The summed E-state index contributed by atoms with van der Waals surface area (Å²) in [5.74, 6) is -0.0908. The average Bonchev–Trinajstić information content (AvgIpc) is 2.53. The minimum atomic E-state index is -3.55. The van der Waals surface area contributed by atoms with Gasteiger partial charge in [-0.15, -0.1) is 0 Å². The Morgan fingerprint density at radius 1 is 1.11 bits per heavy atom. The largest absolute Gasteiger partial charge is 0.325 e. The molecule has 2 aromatic carbocycles. The number of amides is 1. The highest BCUT2D eigenvalue weighted by Gasteiger charge is 2.45. The van der Waals surface area contributed by atoms with Gasteiger partial charge in [-0.2, -0.15) is 0 Å². The van der Waals surface area contributed by atoms with E-state index in [0.29, 0.717) is 10.7 Å². The summed E-state index contributed by atoms with van der Waals surface area (Å²) in [6.45, 7) is 3.53. The number of halogens is 1. The van der Waals surface area contributed by atoms with E-state index in [1.165, 1.54) is 12.1 Å². The number of rotatable bonds is 6. The standard InChI is InChI=1S/C20H23ClN2O3S/c1-14(2)23-27(25,26)18-9-7-17(8-10-18)22-19(24)20(11-4-12-20)15-5-3-6-16(21)13-15/h3,5-10,13-14,23H,4,11-12H2,1-2H3,(H,22,24). The number of sulfonamides is 1. The predicted molar refractivity (Wildman–Crippen MR) is 108 cm³/mol. The summed E-state index contributed by atoms with van der Waals surface area (Å²) in [7, 11) is -3.55. The molecule has 0 radical (unpaired) electrons. The number of carbonyl (C=O) groups excluding carboxylic acids is 1. The van der Waals surface area contributed by atoms with Crippen molar-refractivity contribution >= 4 is 33.2 Å². The molecule has 1 aliphatic rings. The topological polar surface area (TPSA) is 75.3 Å². The van der Waals surface area contributed by atoms with Crippen molar-refractivity contribution in [1.29, 1.82) is 0 Å². The lowest BCUT2D eigenvalue weighted by Crippen LogP contribution is -2.46. The van der Waals surface area contributed by atoms with Crippen LogP contribution in [0.4, 0.5) is 5.69 Å². The van der Waals surface area contributed by atoms with Crippen molar-refractivity contribution in [3.8, 4) is 0 Å². The lowest BCUT2D eigenvalue weighted by molar-refractivity contribution is -0.124. The molecule has 27 heavy (non-hydrogen) atoms. The molecular weight excluding hydrogens is 384 g/mol. The Hall–Kier alpha value is -1.89. The zero-order chi connectivity index (χ0) is 19.7. The Morgan fingerprint density at radius 2 is 1.78 bits per heavy atom. The lowest BCUT2D eigenvalue weighted by atomic mass is 9.64. The smallest absolute Gasteiger partial charge is 0.240 e. The molecule has 0 aliphatic heterocycles. The van der Waals surface area contributed by atoms with Crippen LogP contribution >= 0.6 is 11.6 Å². The van der Waals surface area contributed by atoms with E-state index in [0.717, 1.165) is 24.8 Å². The number of hydrogen-bond donors (Lipinski definition) is 2. The van der Waals surface area contributed by atoms with Gasteiger partial charge < -0.3 is 5.32 Å². The second-order valence-electron chi connectivity index (χ2n) is 7.20. The van der Waals surface area contributed by atoms with Gasteiger partial charge in [0.15, 0.2) is 0 Å². The highest BCUT2D eigenvalue weighted by Crippen LogP contribution is 2.45. The molecule has 0 atom stereocenters. The lowest BCUT2D eigenvalue weighted by Gasteiger charge is -2.40. The highest BCUT2D eigenvalue weighted by atomic mass is 35.5. The summed E-state index contributed by atoms with van der Waals surface area (Å²) in [6.07, 6.45) is 2.52. The van der Waals surface area contributed by atoms with Crippen LogP contribution in [-0.2, 0) is 20.2 Å². The average molecular weight is 407 g/mol. The van der Waals surface area contributed by atoms with E-state index in [1.54, 1.807) is 32.0 Å². The van der Waals surface area contributed by atoms with Crippen molar-refractivity contribution in [3.63, 3.8) is 0 Å². The van der Waals surface area contributed by atoms with E-state index in [-0.39, 0.29) is 16.8 Å². The summed E-state index contributed by atoms with van der Waals surface area (Å²) in [6, 6.07) is 13.4. The van der Waals surface area contributed by atoms with Crippen LogP contribution in [0.15, 0.2) is 53.4 Å². The molecule has 1 amide bonds. The van der Waals surface area contributed by atoms with Crippen molar-refractivity contribution in [1.82, 2.24) is 4.72 Å². The normalized spacial score (nSPS) is 16.0. The van der Waals surface area contributed by atoms with E-state index in [4.69, 9.17) is 11.6 Å². The first-order valence-corrected chi connectivity index (χ1v) is 10.8. The van der Waals surface area contributed by atoms with Gasteiger partial charge in [0.25, 0.3) is 0 Å². The van der Waals surface area contributed by atoms with Crippen LogP contribution in [0.1, 0.15) is 38.7 Å². The SMILES string of the molecule is CC(C)NS(=O)(=O)c1ccc(NC(=O)C2(c3cccc(Cl)c3)CCC2)cc1. The van der Waals surface area contributed by atoms with E-state index in [2.05, 4.69) is 10.0 Å². The van der Waals surface area contributed by atoms with Crippen LogP contribution < -0.4 is 10.0 Å². The van der Waals surface area contributed by atoms with Gasteiger partial charge in [0.05, 0.1) is 10.3 Å². The van der Waals surface area contributed by atoms with Gasteiger partial charge >= 0.3 is 0 Å². The number of carbonyl (C=O) groups is 1. The maximum atomic E-state index is 13.0. The van der Waals surface area contributed by atoms with Crippen molar-refractivity contribution in [2.24, 2.45) is 0 Å². The second-order valence-corrected chi connectivity index (χ2v) is 9.35. The molecule has 0 aromatic heterocycles. The summed E-state index contributed by atoms with van der Waals surface area (Å²) < 4.78 is 26.9. The zero-order valence-corrected chi connectivity index (χ0v) is 16.9. The number of anilines is 1. The minimum absolute atomic E-state index is 0.0908. The van der Waals surface area contributed by atoms with E-state index < -0.39 is 15.4 Å². The third-order valence-electron chi connectivity index (χ3n) is 4.83. The van der Waals surface area contributed by atoms with Crippen molar-refractivity contribution in [2.75, 3.05) is 5.32 Å². The molecule has 5 nitrogen and oxygen atoms in total. The minimum Gasteiger partial charge on any atom is -0.325 e. The van der Waals surface area contributed by atoms with Crippen LogP contribution in [0.3, 0.4) is 0 Å². The van der Waals surface area contributed by atoms with Crippen LogP contribution in [0.2, 0.25) is 5.02 Å². The molecule has 0 heterocycles. The number of nitrogens with one attached hydrogen (secondary N) is 2. The Bertz CT molecular complexity index is 936. The van der Waals surface area contributed by atoms with Crippen molar-refractivity contribution < 1.29 is 13.2 Å². The maximum Gasteiger partial charge on any atom is 0.240 e. The first kappa shape index (κ1) is 19.9. The fraction of sp³-hybridized carbons (Fsp3) is 0.350. The summed E-state index contributed by atoms with van der Waals surface area (Å²) in [4.78, 5) is 13.1. The predicted octanol–water partition coefficient (Wildman–Crippen LogP) is 4.09. The number of benzene rings is 2. The summed E-state index contributed by atoms with van der Waals surface area (Å²) in [5, 5.41) is 3.53. The summed E-state index contributed by atoms with van der Waals surface area (Å²) >= 11 is 6.10. The van der Waals surface area contributed by atoms with Gasteiger partial charge in [0.2, 0.25) is 15.9 Å². The van der Waals surface area contributed by atoms with Crippen LogP contribution in [0.5, 0.6) is 0 Å². The van der Waals surface area contributed by atoms with E-state index >= 15 is 0 Å².